The summed E-state index contributed by atoms with van der Waals surface area (Å²) < 4.78 is 1.11. The minimum absolute atomic E-state index is 0.154. The zero-order valence-electron chi connectivity index (χ0n) is 11.5. The SMILES string of the molecule is C[C@H](NC1CC(N)c2ccccc21)c1ccc(Br)cc1. The van der Waals surface area contributed by atoms with E-state index in [9.17, 15) is 0 Å². The highest BCUT2D eigenvalue weighted by Gasteiger charge is 2.28. The maximum atomic E-state index is 6.22. The number of nitrogens with one attached hydrogen (secondary N) is 1. The summed E-state index contributed by atoms with van der Waals surface area (Å²) in [5.41, 5.74) is 10.2. The Balaban J connectivity index is 1.77. The molecule has 2 unspecified atom stereocenters. The number of halogens is 1. The fourth-order valence-electron chi connectivity index (χ4n) is 2.98. The normalized spacial score (nSPS) is 22.6. The molecule has 0 aromatic heterocycles. The summed E-state index contributed by atoms with van der Waals surface area (Å²) in [6.45, 7) is 2.20. The molecule has 3 N–H and O–H groups in total. The molecule has 0 bridgehead atoms. The number of hydrogen-bond acceptors (Lipinski definition) is 2. The smallest absolute Gasteiger partial charge is 0.0347 e. The molecular weight excluding hydrogens is 312 g/mol. The van der Waals surface area contributed by atoms with Crippen molar-refractivity contribution in [3.05, 3.63) is 69.7 Å². The lowest BCUT2D eigenvalue weighted by atomic mass is 10.0. The van der Waals surface area contributed by atoms with E-state index in [0.717, 1.165) is 10.9 Å². The third-order valence-corrected chi connectivity index (χ3v) is 4.61. The zero-order valence-corrected chi connectivity index (χ0v) is 13.1. The Morgan fingerprint density at radius 3 is 2.45 bits per heavy atom. The molecule has 1 aliphatic carbocycles. The molecule has 0 amide bonds. The number of fused-ring (bicyclic) bond motifs is 1. The molecule has 104 valence electrons. The van der Waals surface area contributed by atoms with Gasteiger partial charge in [0.15, 0.2) is 0 Å². The van der Waals surface area contributed by atoms with Crippen molar-refractivity contribution in [1.29, 1.82) is 0 Å². The third kappa shape index (κ3) is 2.66. The molecule has 0 aliphatic heterocycles. The first-order chi connectivity index (χ1) is 9.65. The number of hydrogen-bond donors (Lipinski definition) is 2. The fourth-order valence-corrected chi connectivity index (χ4v) is 3.25. The Morgan fingerprint density at radius 2 is 1.75 bits per heavy atom. The van der Waals surface area contributed by atoms with E-state index in [4.69, 9.17) is 5.73 Å². The maximum absolute atomic E-state index is 6.22. The quantitative estimate of drug-likeness (QED) is 0.883. The Kier molecular flexibility index (Phi) is 3.92. The first-order valence-electron chi connectivity index (χ1n) is 7.01. The van der Waals surface area contributed by atoms with Crippen LogP contribution in [0.4, 0.5) is 0 Å². The highest BCUT2D eigenvalue weighted by atomic mass is 79.9. The van der Waals surface area contributed by atoms with Crippen molar-refractivity contribution >= 4 is 15.9 Å². The zero-order chi connectivity index (χ0) is 14.1. The van der Waals surface area contributed by atoms with E-state index in [2.05, 4.69) is 76.7 Å². The molecular formula is C17H19BrN2. The molecule has 20 heavy (non-hydrogen) atoms. The van der Waals surface area contributed by atoms with Crippen LogP contribution in [0.3, 0.4) is 0 Å². The molecule has 3 atom stereocenters. The van der Waals surface area contributed by atoms with E-state index in [1.54, 1.807) is 0 Å². The summed E-state index contributed by atoms with van der Waals surface area (Å²) in [7, 11) is 0. The first kappa shape index (κ1) is 13.8. The Hall–Kier alpha value is -1.16. The first-order valence-corrected chi connectivity index (χ1v) is 7.80. The summed E-state index contributed by atoms with van der Waals surface area (Å²) in [5, 5.41) is 3.71. The van der Waals surface area contributed by atoms with Crippen LogP contribution in [-0.4, -0.2) is 0 Å². The van der Waals surface area contributed by atoms with Gasteiger partial charge in [0.05, 0.1) is 0 Å². The van der Waals surface area contributed by atoms with Crippen LogP contribution in [-0.2, 0) is 0 Å². The van der Waals surface area contributed by atoms with Crippen LogP contribution in [0.25, 0.3) is 0 Å². The lowest BCUT2D eigenvalue weighted by molar-refractivity contribution is 0.446. The molecule has 2 nitrogen and oxygen atoms in total. The molecule has 3 heteroatoms. The monoisotopic (exact) mass is 330 g/mol. The summed E-state index contributed by atoms with van der Waals surface area (Å²) in [6, 6.07) is 17.8. The number of benzene rings is 2. The van der Waals surface area contributed by atoms with E-state index in [-0.39, 0.29) is 6.04 Å². The molecule has 3 rings (SSSR count). The third-order valence-electron chi connectivity index (χ3n) is 4.08. The Labute approximate surface area is 128 Å². The number of nitrogens with two attached hydrogens (primary N) is 1. The summed E-state index contributed by atoms with van der Waals surface area (Å²) in [6.07, 6.45) is 0.972. The van der Waals surface area contributed by atoms with E-state index in [1.165, 1.54) is 16.7 Å². The van der Waals surface area contributed by atoms with Gasteiger partial charge in [-0.3, -0.25) is 0 Å². The van der Waals surface area contributed by atoms with E-state index >= 15 is 0 Å². The van der Waals surface area contributed by atoms with Gasteiger partial charge in [0.1, 0.15) is 0 Å². The van der Waals surface area contributed by atoms with Gasteiger partial charge in [-0.2, -0.15) is 0 Å². The van der Waals surface area contributed by atoms with Gasteiger partial charge in [-0.1, -0.05) is 52.3 Å². The van der Waals surface area contributed by atoms with Crippen LogP contribution >= 0.6 is 15.9 Å². The molecule has 0 saturated carbocycles. The maximum Gasteiger partial charge on any atom is 0.0347 e. The van der Waals surface area contributed by atoms with Crippen molar-refractivity contribution in [2.24, 2.45) is 5.73 Å². The lowest BCUT2D eigenvalue weighted by Gasteiger charge is -2.21. The number of rotatable bonds is 3. The van der Waals surface area contributed by atoms with Crippen LogP contribution in [0.2, 0.25) is 0 Å². The average molecular weight is 331 g/mol. The molecule has 1 aliphatic rings. The Bertz CT molecular complexity index is 594. The van der Waals surface area contributed by atoms with Crippen molar-refractivity contribution in [3.8, 4) is 0 Å². The predicted molar refractivity (Wildman–Crippen MR) is 86.4 cm³/mol. The van der Waals surface area contributed by atoms with Crippen LogP contribution in [0.5, 0.6) is 0 Å². The lowest BCUT2D eigenvalue weighted by Crippen LogP contribution is -2.23. The van der Waals surface area contributed by atoms with Gasteiger partial charge < -0.3 is 11.1 Å². The second-order valence-corrected chi connectivity index (χ2v) is 6.38. The van der Waals surface area contributed by atoms with Crippen molar-refractivity contribution < 1.29 is 0 Å². The molecule has 0 saturated heterocycles. The van der Waals surface area contributed by atoms with Crippen LogP contribution in [0.1, 0.15) is 48.2 Å². The van der Waals surface area contributed by atoms with Crippen molar-refractivity contribution in [2.75, 3.05) is 0 Å². The average Bonchev–Trinajstić information content (AvgIpc) is 2.77. The Morgan fingerprint density at radius 1 is 1.10 bits per heavy atom. The van der Waals surface area contributed by atoms with Crippen LogP contribution in [0.15, 0.2) is 53.0 Å². The van der Waals surface area contributed by atoms with Crippen molar-refractivity contribution in [1.82, 2.24) is 5.32 Å². The van der Waals surface area contributed by atoms with E-state index < -0.39 is 0 Å². The molecule has 0 heterocycles. The van der Waals surface area contributed by atoms with Crippen molar-refractivity contribution in [3.63, 3.8) is 0 Å². The second kappa shape index (κ2) is 5.68. The minimum Gasteiger partial charge on any atom is -0.324 e. The van der Waals surface area contributed by atoms with Gasteiger partial charge in [-0.05, 0) is 42.2 Å². The van der Waals surface area contributed by atoms with Gasteiger partial charge >= 0.3 is 0 Å². The van der Waals surface area contributed by atoms with Crippen LogP contribution in [0, 0.1) is 0 Å². The van der Waals surface area contributed by atoms with Gasteiger partial charge in [0, 0.05) is 22.6 Å². The largest absolute Gasteiger partial charge is 0.324 e. The standard InChI is InChI=1S/C17H19BrN2/c1-11(12-6-8-13(18)9-7-12)20-17-10-16(19)14-4-2-3-5-15(14)17/h2-9,11,16-17,20H,10,19H2,1H3/t11-,16?,17?/m0/s1. The summed E-state index contributed by atoms with van der Waals surface area (Å²) >= 11 is 3.48. The molecule has 0 spiro atoms. The molecule has 0 radical (unpaired) electrons. The van der Waals surface area contributed by atoms with Gasteiger partial charge in [0.25, 0.3) is 0 Å². The molecule has 2 aromatic rings. The van der Waals surface area contributed by atoms with Crippen molar-refractivity contribution in [2.45, 2.75) is 31.5 Å². The molecule has 0 fully saturated rings. The highest BCUT2D eigenvalue weighted by molar-refractivity contribution is 9.10. The van der Waals surface area contributed by atoms with E-state index in [1.807, 2.05) is 0 Å². The minimum atomic E-state index is 0.154. The van der Waals surface area contributed by atoms with E-state index in [0.29, 0.717) is 12.1 Å². The molecule has 2 aromatic carbocycles. The van der Waals surface area contributed by atoms with Crippen LogP contribution < -0.4 is 11.1 Å². The summed E-state index contributed by atoms with van der Waals surface area (Å²) in [4.78, 5) is 0. The van der Waals surface area contributed by atoms with Gasteiger partial charge in [0.2, 0.25) is 0 Å². The topological polar surface area (TPSA) is 38.0 Å². The highest BCUT2D eigenvalue weighted by Crippen LogP contribution is 2.38. The predicted octanol–water partition coefficient (Wildman–Crippen LogP) is 4.24. The second-order valence-electron chi connectivity index (χ2n) is 5.46. The van der Waals surface area contributed by atoms with Gasteiger partial charge in [-0.15, -0.1) is 0 Å². The van der Waals surface area contributed by atoms with Gasteiger partial charge in [-0.25, -0.2) is 0 Å². The summed E-state index contributed by atoms with van der Waals surface area (Å²) in [5.74, 6) is 0. The fraction of sp³-hybridized carbons (Fsp3) is 0.294.